The summed E-state index contributed by atoms with van der Waals surface area (Å²) in [6.07, 6.45) is 2.38. The quantitative estimate of drug-likeness (QED) is 0.867. The third-order valence-corrected chi connectivity index (χ3v) is 4.81. The lowest BCUT2D eigenvalue weighted by Gasteiger charge is -2.38. The number of rotatable bonds is 5. The van der Waals surface area contributed by atoms with Gasteiger partial charge in [-0.25, -0.2) is 8.78 Å². The molecule has 2 saturated heterocycles. The minimum Gasteiger partial charge on any atom is -0.390 e. The van der Waals surface area contributed by atoms with Crippen molar-refractivity contribution in [2.45, 2.75) is 24.8 Å². The number of piperazine rings is 1. The highest BCUT2D eigenvalue weighted by atomic mass is 19.3. The van der Waals surface area contributed by atoms with E-state index in [4.69, 9.17) is 0 Å². The molecule has 2 aliphatic heterocycles. The summed E-state index contributed by atoms with van der Waals surface area (Å²) in [5.41, 5.74) is 1.67. The van der Waals surface area contributed by atoms with Crippen molar-refractivity contribution < 1.29 is 13.9 Å². The highest BCUT2D eigenvalue weighted by Gasteiger charge is 2.43. The van der Waals surface area contributed by atoms with Gasteiger partial charge in [-0.3, -0.25) is 4.90 Å². The van der Waals surface area contributed by atoms with Crippen molar-refractivity contribution in [3.8, 4) is 0 Å². The van der Waals surface area contributed by atoms with Crippen LogP contribution in [0.1, 0.15) is 24.4 Å². The number of nitrogens with zero attached hydrogens (tertiary/aromatic N) is 2. The van der Waals surface area contributed by atoms with Gasteiger partial charge in [0.25, 0.3) is 5.92 Å². The zero-order chi connectivity index (χ0) is 16.3. The number of benzene rings is 1. The Balaban J connectivity index is 1.83. The Kier molecular flexibility index (Phi) is 5.14. The van der Waals surface area contributed by atoms with Gasteiger partial charge in [0.15, 0.2) is 0 Å². The van der Waals surface area contributed by atoms with Crippen LogP contribution >= 0.6 is 0 Å². The molecule has 4 nitrogen and oxygen atoms in total. The molecule has 1 aromatic carbocycles. The normalized spacial score (nSPS) is 21.6. The smallest absolute Gasteiger partial charge is 0.289 e. The second-order valence-electron chi connectivity index (χ2n) is 6.39. The fraction of sp³-hybridized carbons (Fsp3) is 0.647. The van der Waals surface area contributed by atoms with Crippen LogP contribution in [0.4, 0.5) is 14.5 Å². The molecule has 128 valence electrons. The molecule has 2 heterocycles. The van der Waals surface area contributed by atoms with Gasteiger partial charge in [-0.1, -0.05) is 12.1 Å². The first-order chi connectivity index (χ1) is 11.1. The molecule has 2 fully saturated rings. The monoisotopic (exact) mass is 325 g/mol. The van der Waals surface area contributed by atoms with E-state index in [9.17, 15) is 13.9 Å². The van der Waals surface area contributed by atoms with Gasteiger partial charge in [-0.2, -0.15) is 0 Å². The molecule has 1 aromatic rings. The van der Waals surface area contributed by atoms with Gasteiger partial charge < -0.3 is 15.3 Å². The van der Waals surface area contributed by atoms with Crippen LogP contribution in [-0.4, -0.2) is 61.8 Å². The van der Waals surface area contributed by atoms with Crippen LogP contribution in [0.3, 0.4) is 0 Å². The summed E-state index contributed by atoms with van der Waals surface area (Å²) in [6, 6.07) is 6.39. The molecule has 2 N–H and O–H groups in total. The number of hydrogen-bond acceptors (Lipinski definition) is 4. The minimum atomic E-state index is -3.15. The number of hydrogen-bond donors (Lipinski definition) is 2. The van der Waals surface area contributed by atoms with Crippen molar-refractivity contribution >= 4 is 5.69 Å². The number of halogens is 2. The second kappa shape index (κ2) is 7.11. The third kappa shape index (κ3) is 3.65. The van der Waals surface area contributed by atoms with Gasteiger partial charge in [0.2, 0.25) is 0 Å². The largest absolute Gasteiger partial charge is 0.390 e. The molecule has 2 aliphatic rings. The first-order valence-corrected chi connectivity index (χ1v) is 8.40. The lowest BCUT2D eigenvalue weighted by Crippen LogP contribution is -2.51. The zero-order valence-corrected chi connectivity index (χ0v) is 13.3. The Morgan fingerprint density at radius 1 is 1.04 bits per heavy atom. The number of alkyl halides is 2. The lowest BCUT2D eigenvalue weighted by atomic mass is 9.98. The molecule has 0 saturated carbocycles. The van der Waals surface area contributed by atoms with Crippen LogP contribution in [0.2, 0.25) is 0 Å². The SMILES string of the molecule is OCC(F)(F)[C@H](c1ccc(N2CCCC2)cc1)N1CCNCC1. The highest BCUT2D eigenvalue weighted by Crippen LogP contribution is 2.37. The highest BCUT2D eigenvalue weighted by molar-refractivity contribution is 5.49. The predicted octanol–water partition coefficient (Wildman–Crippen LogP) is 1.86. The van der Waals surface area contributed by atoms with Crippen molar-refractivity contribution in [2.24, 2.45) is 0 Å². The van der Waals surface area contributed by atoms with Crippen molar-refractivity contribution in [3.63, 3.8) is 0 Å². The van der Waals surface area contributed by atoms with Gasteiger partial charge >= 0.3 is 0 Å². The molecule has 0 radical (unpaired) electrons. The van der Waals surface area contributed by atoms with E-state index in [-0.39, 0.29) is 0 Å². The van der Waals surface area contributed by atoms with Crippen molar-refractivity contribution in [1.29, 1.82) is 0 Å². The maximum absolute atomic E-state index is 14.4. The van der Waals surface area contributed by atoms with E-state index in [2.05, 4.69) is 10.2 Å². The van der Waals surface area contributed by atoms with Gasteiger partial charge in [-0.15, -0.1) is 0 Å². The van der Waals surface area contributed by atoms with Crippen LogP contribution in [0.15, 0.2) is 24.3 Å². The molecule has 1 atom stereocenters. The molecule has 0 aromatic heterocycles. The summed E-state index contributed by atoms with van der Waals surface area (Å²) in [5.74, 6) is -3.15. The molecule has 3 rings (SSSR count). The van der Waals surface area contributed by atoms with E-state index in [1.54, 1.807) is 17.0 Å². The van der Waals surface area contributed by atoms with Gasteiger partial charge in [-0.05, 0) is 30.5 Å². The third-order valence-electron chi connectivity index (χ3n) is 4.81. The van der Waals surface area contributed by atoms with Crippen LogP contribution in [-0.2, 0) is 0 Å². The van der Waals surface area contributed by atoms with Crippen molar-refractivity contribution in [3.05, 3.63) is 29.8 Å². The molecular formula is C17H25F2N3O. The van der Waals surface area contributed by atoms with E-state index < -0.39 is 18.6 Å². The summed E-state index contributed by atoms with van der Waals surface area (Å²) in [7, 11) is 0. The van der Waals surface area contributed by atoms with E-state index in [1.807, 2.05) is 12.1 Å². The molecule has 6 heteroatoms. The Morgan fingerprint density at radius 2 is 1.65 bits per heavy atom. The minimum absolute atomic E-state index is 0.564. The summed E-state index contributed by atoms with van der Waals surface area (Å²) in [6.45, 7) is 3.46. The van der Waals surface area contributed by atoms with E-state index in [1.165, 1.54) is 12.8 Å². The summed E-state index contributed by atoms with van der Waals surface area (Å²) in [4.78, 5) is 4.06. The second-order valence-corrected chi connectivity index (χ2v) is 6.39. The number of anilines is 1. The van der Waals surface area contributed by atoms with Gasteiger partial charge in [0.1, 0.15) is 12.6 Å². The maximum atomic E-state index is 14.4. The van der Waals surface area contributed by atoms with E-state index in [0.29, 0.717) is 31.7 Å². The van der Waals surface area contributed by atoms with Gasteiger partial charge in [0, 0.05) is 45.0 Å². The van der Waals surface area contributed by atoms with Crippen LogP contribution < -0.4 is 10.2 Å². The average molecular weight is 325 g/mol. The molecular weight excluding hydrogens is 300 g/mol. The summed E-state index contributed by atoms with van der Waals surface area (Å²) < 4.78 is 28.7. The maximum Gasteiger partial charge on any atom is 0.289 e. The Bertz CT molecular complexity index is 497. The first kappa shape index (κ1) is 16.6. The standard InChI is InChI=1S/C17H25F2N3O/c18-17(19,13-23)16(22-11-7-20-8-12-22)14-3-5-15(6-4-14)21-9-1-2-10-21/h3-6,16,20,23H,1-2,7-13H2/t16-/m0/s1. The van der Waals surface area contributed by atoms with E-state index >= 15 is 0 Å². The first-order valence-electron chi connectivity index (χ1n) is 8.40. The van der Waals surface area contributed by atoms with Crippen LogP contribution in [0, 0.1) is 0 Å². The van der Waals surface area contributed by atoms with E-state index in [0.717, 1.165) is 18.8 Å². The summed E-state index contributed by atoms with van der Waals surface area (Å²) >= 11 is 0. The molecule has 23 heavy (non-hydrogen) atoms. The van der Waals surface area contributed by atoms with Crippen LogP contribution in [0.5, 0.6) is 0 Å². The molecule has 0 amide bonds. The predicted molar refractivity (Wildman–Crippen MR) is 87.1 cm³/mol. The molecule has 0 spiro atoms. The molecule has 0 unspecified atom stereocenters. The topological polar surface area (TPSA) is 38.7 Å². The Labute approximate surface area is 136 Å². The fourth-order valence-electron chi connectivity index (χ4n) is 3.59. The Morgan fingerprint density at radius 3 is 2.22 bits per heavy atom. The van der Waals surface area contributed by atoms with Crippen molar-refractivity contribution in [2.75, 3.05) is 50.8 Å². The summed E-state index contributed by atoms with van der Waals surface area (Å²) in [5, 5.41) is 12.4. The Hall–Kier alpha value is -1.24. The molecule has 0 aliphatic carbocycles. The van der Waals surface area contributed by atoms with Gasteiger partial charge in [0.05, 0.1) is 0 Å². The number of aliphatic hydroxyl groups is 1. The molecule has 0 bridgehead atoms. The van der Waals surface area contributed by atoms with Crippen molar-refractivity contribution in [1.82, 2.24) is 10.2 Å². The lowest BCUT2D eigenvalue weighted by molar-refractivity contribution is -0.118. The van der Waals surface area contributed by atoms with Crippen LogP contribution in [0.25, 0.3) is 0 Å². The average Bonchev–Trinajstić information content (AvgIpc) is 3.11. The number of nitrogens with one attached hydrogen (secondary N) is 1. The zero-order valence-electron chi connectivity index (χ0n) is 13.3. The fourth-order valence-corrected chi connectivity index (χ4v) is 3.59. The number of aliphatic hydroxyl groups excluding tert-OH is 1.